The highest BCUT2D eigenvalue weighted by Crippen LogP contribution is 2.25. The maximum atomic E-state index is 13.0. The van der Waals surface area contributed by atoms with Crippen LogP contribution < -0.4 is 10.3 Å². The third-order valence-corrected chi connectivity index (χ3v) is 6.59. The molecule has 0 aliphatic carbocycles. The van der Waals surface area contributed by atoms with Crippen molar-refractivity contribution < 1.29 is 18.8 Å². The number of allylic oxidation sites excluding steroid dienone is 1. The van der Waals surface area contributed by atoms with Crippen molar-refractivity contribution in [2.24, 2.45) is 0 Å². The second-order valence-corrected chi connectivity index (χ2v) is 11.2. The average molecular weight is 529 g/mol. The van der Waals surface area contributed by atoms with Gasteiger partial charge in [0, 0.05) is 42.7 Å². The summed E-state index contributed by atoms with van der Waals surface area (Å²) in [6.07, 6.45) is 5.24. The molecule has 0 saturated carbocycles. The molecule has 1 fully saturated rings. The summed E-state index contributed by atoms with van der Waals surface area (Å²) in [7, 11) is 0. The van der Waals surface area contributed by atoms with E-state index in [9.17, 15) is 14.1 Å². The second-order valence-electron chi connectivity index (χ2n) is 9.95. The van der Waals surface area contributed by atoms with Gasteiger partial charge >= 0.3 is 11.2 Å². The molecule has 3 atom stereocenters. The first kappa shape index (κ1) is 26.7. The number of pyridine rings is 1. The van der Waals surface area contributed by atoms with Gasteiger partial charge in [-0.15, -0.1) is 6.58 Å². The fourth-order valence-corrected chi connectivity index (χ4v) is 4.67. The van der Waals surface area contributed by atoms with E-state index in [0.717, 1.165) is 0 Å². The summed E-state index contributed by atoms with van der Waals surface area (Å²) < 4.78 is 26.7. The van der Waals surface area contributed by atoms with Gasteiger partial charge in [0.2, 0.25) is 5.88 Å². The third kappa shape index (κ3) is 5.80. The highest BCUT2D eigenvalue weighted by molar-refractivity contribution is 7.90. The number of nitrogens with zero attached hydrogens (tertiary/aromatic N) is 6. The molecule has 3 aromatic heterocycles. The van der Waals surface area contributed by atoms with Crippen LogP contribution >= 0.6 is 0 Å². The lowest BCUT2D eigenvalue weighted by molar-refractivity contribution is -0.00150. The van der Waals surface area contributed by atoms with Crippen LogP contribution in [-0.2, 0) is 22.5 Å². The quantitative estimate of drug-likeness (QED) is 0.271. The molecule has 0 spiro atoms. The van der Waals surface area contributed by atoms with E-state index < -0.39 is 16.8 Å². The monoisotopic (exact) mass is 528 g/mol. The van der Waals surface area contributed by atoms with Crippen LogP contribution in [0.15, 0.2) is 47.0 Å². The molecule has 1 aliphatic rings. The molecular weight excluding hydrogens is 496 g/mol. The highest BCUT2D eigenvalue weighted by atomic mass is 32.2. The van der Waals surface area contributed by atoms with Crippen LogP contribution in [0.5, 0.6) is 5.88 Å². The van der Waals surface area contributed by atoms with Crippen molar-refractivity contribution >= 4 is 28.3 Å². The van der Waals surface area contributed by atoms with Crippen LogP contribution in [0.2, 0.25) is 0 Å². The van der Waals surface area contributed by atoms with Gasteiger partial charge in [-0.3, -0.25) is 4.79 Å². The Balaban J connectivity index is 1.60. The number of likely N-dealkylation sites (tertiary alicyclic amines) is 1. The van der Waals surface area contributed by atoms with Crippen LogP contribution in [0, 0.1) is 0 Å². The molecule has 0 N–H and O–H groups in total. The molecule has 3 unspecified atom stereocenters. The molecule has 1 aliphatic heterocycles. The zero-order valence-electron chi connectivity index (χ0n) is 21.7. The Morgan fingerprint density at radius 2 is 2.08 bits per heavy atom. The predicted octanol–water partition coefficient (Wildman–Crippen LogP) is 3.07. The zero-order valence-corrected chi connectivity index (χ0v) is 22.5. The van der Waals surface area contributed by atoms with E-state index in [1.165, 1.54) is 17.1 Å². The molecule has 1 saturated heterocycles. The van der Waals surface area contributed by atoms with Gasteiger partial charge in [-0.05, 0) is 33.8 Å². The summed E-state index contributed by atoms with van der Waals surface area (Å²) in [5, 5.41) is 0.405. The molecule has 198 valence electrons. The molecule has 4 rings (SSSR count). The Kier molecular flexibility index (Phi) is 7.60. The summed E-state index contributed by atoms with van der Waals surface area (Å²) in [4.78, 5) is 40.4. The predicted molar refractivity (Wildman–Crippen MR) is 140 cm³/mol. The minimum absolute atomic E-state index is 0.0621. The van der Waals surface area contributed by atoms with E-state index in [2.05, 4.69) is 21.5 Å². The van der Waals surface area contributed by atoms with Crippen molar-refractivity contribution in [2.45, 2.75) is 70.0 Å². The van der Waals surface area contributed by atoms with E-state index in [0.29, 0.717) is 36.7 Å². The van der Waals surface area contributed by atoms with Crippen LogP contribution in [-0.4, -0.2) is 70.4 Å². The van der Waals surface area contributed by atoms with Gasteiger partial charge in [0.15, 0.2) is 11.5 Å². The lowest BCUT2D eigenvalue weighted by Crippen LogP contribution is -2.49. The van der Waals surface area contributed by atoms with Gasteiger partial charge in [0.25, 0.3) is 5.56 Å². The van der Waals surface area contributed by atoms with Gasteiger partial charge in [-0.1, -0.05) is 12.1 Å². The Morgan fingerprint density at radius 3 is 2.73 bits per heavy atom. The SMILES string of the molecule is C=CCn1c(=O)c2cnc([S+](C)[O-])nc2n1-c1cccc(OC2CCN(C(=O)OC(C)(C)C)C(C)C2)n1. The summed E-state index contributed by atoms with van der Waals surface area (Å²) in [6.45, 7) is 12.0. The van der Waals surface area contributed by atoms with Gasteiger partial charge in [-0.25, -0.2) is 14.2 Å². The lowest BCUT2D eigenvalue weighted by Gasteiger charge is -2.38. The molecule has 0 radical (unpaired) electrons. The van der Waals surface area contributed by atoms with E-state index in [1.807, 2.05) is 27.7 Å². The Hall–Kier alpha value is -3.38. The van der Waals surface area contributed by atoms with Crippen molar-refractivity contribution in [1.29, 1.82) is 0 Å². The van der Waals surface area contributed by atoms with Gasteiger partial charge in [0.1, 0.15) is 23.3 Å². The number of carbonyl (C=O) groups excluding carboxylic acids is 1. The van der Waals surface area contributed by atoms with Gasteiger partial charge < -0.3 is 18.9 Å². The fourth-order valence-electron chi connectivity index (χ4n) is 4.26. The number of aromatic nitrogens is 5. The molecule has 0 aromatic carbocycles. The number of carbonyl (C=O) groups is 1. The second kappa shape index (κ2) is 10.5. The van der Waals surface area contributed by atoms with Crippen molar-refractivity contribution in [2.75, 3.05) is 12.8 Å². The average Bonchev–Trinajstić information content (AvgIpc) is 3.09. The summed E-state index contributed by atoms with van der Waals surface area (Å²) in [5.41, 5.74) is -0.558. The van der Waals surface area contributed by atoms with Crippen molar-refractivity contribution in [3.05, 3.63) is 47.4 Å². The molecule has 3 aromatic rings. The lowest BCUT2D eigenvalue weighted by atomic mass is 10.0. The van der Waals surface area contributed by atoms with E-state index >= 15 is 0 Å². The standard InChI is InChI=1S/C25H32N6O5S/c1-7-12-30-22(32)18-15-26-23(37(6)34)28-21(18)31(30)19-9-8-10-20(27-19)35-17-11-13-29(16(2)14-17)24(33)36-25(3,4)5/h7-10,15-17H,1,11-14H2,2-6H3. The first-order valence-electron chi connectivity index (χ1n) is 12.0. The third-order valence-electron chi connectivity index (χ3n) is 5.88. The number of hydrogen-bond donors (Lipinski definition) is 0. The Morgan fingerprint density at radius 1 is 1.32 bits per heavy atom. The largest absolute Gasteiger partial charge is 0.609 e. The van der Waals surface area contributed by atoms with Crippen LogP contribution in [0.4, 0.5) is 4.79 Å². The molecule has 0 bridgehead atoms. The number of piperidine rings is 1. The van der Waals surface area contributed by atoms with Crippen molar-refractivity contribution in [1.82, 2.24) is 29.2 Å². The highest BCUT2D eigenvalue weighted by Gasteiger charge is 2.33. The number of rotatable bonds is 6. The first-order chi connectivity index (χ1) is 17.5. The van der Waals surface area contributed by atoms with Crippen LogP contribution in [0.3, 0.4) is 0 Å². The van der Waals surface area contributed by atoms with Gasteiger partial charge in [-0.2, -0.15) is 15.0 Å². The zero-order chi connectivity index (χ0) is 26.9. The molecule has 1 amide bonds. The molecule has 12 heteroatoms. The minimum Gasteiger partial charge on any atom is -0.609 e. The number of ether oxygens (including phenoxy) is 2. The molecular formula is C25H32N6O5S. The van der Waals surface area contributed by atoms with E-state index in [-0.39, 0.29) is 40.9 Å². The van der Waals surface area contributed by atoms with Crippen molar-refractivity contribution in [3.8, 4) is 11.7 Å². The summed E-state index contributed by atoms with van der Waals surface area (Å²) >= 11 is -1.42. The first-order valence-corrected chi connectivity index (χ1v) is 13.6. The number of amides is 1. The van der Waals surface area contributed by atoms with E-state index in [4.69, 9.17) is 9.47 Å². The summed E-state index contributed by atoms with van der Waals surface area (Å²) in [6, 6.07) is 5.21. The van der Waals surface area contributed by atoms with Crippen molar-refractivity contribution in [3.63, 3.8) is 0 Å². The number of fused-ring (bicyclic) bond motifs is 1. The topological polar surface area (TPSA) is 127 Å². The molecule has 11 nitrogen and oxygen atoms in total. The molecule has 37 heavy (non-hydrogen) atoms. The van der Waals surface area contributed by atoms with Gasteiger partial charge in [0.05, 0.1) is 12.7 Å². The van der Waals surface area contributed by atoms with Crippen LogP contribution in [0.25, 0.3) is 16.9 Å². The summed E-state index contributed by atoms with van der Waals surface area (Å²) in [5.74, 6) is 0.797. The maximum Gasteiger partial charge on any atom is 0.410 e. The maximum absolute atomic E-state index is 13.0. The minimum atomic E-state index is -1.42. The fraction of sp³-hybridized carbons (Fsp3) is 0.480. The van der Waals surface area contributed by atoms with E-state index in [1.54, 1.807) is 33.9 Å². The van der Waals surface area contributed by atoms with Crippen LogP contribution in [0.1, 0.15) is 40.5 Å². The number of hydrogen-bond acceptors (Lipinski definition) is 8. The normalized spacial score (nSPS) is 19.0. The Labute approximate surface area is 218 Å². The smallest absolute Gasteiger partial charge is 0.410 e. The molecule has 4 heterocycles. The Bertz CT molecular complexity index is 1360.